The minimum Gasteiger partial charge on any atom is -0.299 e. The largest absolute Gasteiger partial charge is 0.299 e. The fraction of sp³-hybridized carbons (Fsp3) is 0.350. The van der Waals surface area contributed by atoms with Crippen LogP contribution < -0.4 is 0 Å². The molecule has 4 rings (SSSR count). The molecule has 2 aliphatic rings. The first-order chi connectivity index (χ1) is 12.7. The van der Waals surface area contributed by atoms with Gasteiger partial charge >= 0.3 is 0 Å². The molecule has 6 heteroatoms. The zero-order valence-electron chi connectivity index (χ0n) is 14.5. The zero-order valence-corrected chi connectivity index (χ0v) is 14.5. The van der Waals surface area contributed by atoms with Gasteiger partial charge in [-0.05, 0) is 18.4 Å². The number of piperidine rings is 1. The summed E-state index contributed by atoms with van der Waals surface area (Å²) in [6.07, 6.45) is 4.70. The normalized spacial score (nSPS) is 20.4. The van der Waals surface area contributed by atoms with Gasteiger partial charge in [0, 0.05) is 32.0 Å². The average Bonchev–Trinajstić information content (AvgIpc) is 2.68. The van der Waals surface area contributed by atoms with Gasteiger partial charge in [-0.1, -0.05) is 30.3 Å². The number of nitrogens with zero attached hydrogens (tertiary/aromatic N) is 4. The van der Waals surface area contributed by atoms with Gasteiger partial charge in [0.15, 0.2) is 5.78 Å². The van der Waals surface area contributed by atoms with Crippen LogP contribution in [0.15, 0.2) is 47.7 Å². The molecule has 0 spiro atoms. The van der Waals surface area contributed by atoms with Gasteiger partial charge in [0.05, 0.1) is 18.2 Å². The third-order valence-electron chi connectivity index (χ3n) is 4.91. The Bertz CT molecular complexity index is 855. The third-order valence-corrected chi connectivity index (χ3v) is 4.91. The van der Waals surface area contributed by atoms with Gasteiger partial charge < -0.3 is 0 Å². The van der Waals surface area contributed by atoms with Crippen molar-refractivity contribution in [1.29, 1.82) is 0 Å². The van der Waals surface area contributed by atoms with Crippen LogP contribution in [0.1, 0.15) is 45.8 Å². The minimum absolute atomic E-state index is 0.0365. The summed E-state index contributed by atoms with van der Waals surface area (Å²) in [6, 6.07) is 10.5. The molecule has 1 fully saturated rings. The number of ketones is 2. The van der Waals surface area contributed by atoms with E-state index in [2.05, 4.69) is 44.1 Å². The summed E-state index contributed by atoms with van der Waals surface area (Å²) < 4.78 is 0. The summed E-state index contributed by atoms with van der Waals surface area (Å²) in [6.45, 7) is 2.81. The van der Waals surface area contributed by atoms with E-state index >= 15 is 0 Å². The molecule has 0 N–H and O–H groups in total. The predicted molar refractivity (Wildman–Crippen MR) is 97.5 cm³/mol. The van der Waals surface area contributed by atoms with Gasteiger partial charge in [0.1, 0.15) is 11.4 Å². The number of benzene rings is 1. The second-order valence-corrected chi connectivity index (χ2v) is 6.75. The van der Waals surface area contributed by atoms with Crippen LogP contribution in [0.2, 0.25) is 0 Å². The fourth-order valence-electron chi connectivity index (χ4n) is 3.53. The Kier molecular flexibility index (Phi) is 4.67. The topological polar surface area (TPSA) is 75.5 Å². The van der Waals surface area contributed by atoms with E-state index in [4.69, 9.17) is 0 Å². The molecule has 0 bridgehead atoms. The molecule has 0 unspecified atom stereocenters. The lowest BCUT2D eigenvalue weighted by Crippen LogP contribution is -2.36. The SMILES string of the molecule is O=C1CC(=NC2CCN(Cc3ccccc3)CC2)C(=O)c2nccnc21. The number of rotatable bonds is 3. The molecule has 2 aromatic rings. The second kappa shape index (κ2) is 7.25. The molecule has 1 saturated heterocycles. The van der Waals surface area contributed by atoms with Crippen molar-refractivity contribution in [2.24, 2.45) is 4.99 Å². The Labute approximate surface area is 152 Å². The van der Waals surface area contributed by atoms with Crippen LogP contribution in [0.4, 0.5) is 0 Å². The first-order valence-electron chi connectivity index (χ1n) is 8.92. The van der Waals surface area contributed by atoms with E-state index in [-0.39, 0.29) is 35.4 Å². The fourth-order valence-corrected chi connectivity index (χ4v) is 3.53. The van der Waals surface area contributed by atoms with Gasteiger partial charge in [-0.2, -0.15) is 0 Å². The minimum atomic E-state index is -0.251. The summed E-state index contributed by atoms with van der Waals surface area (Å²) in [4.78, 5) is 39.8. The van der Waals surface area contributed by atoms with E-state index in [1.165, 1.54) is 18.0 Å². The second-order valence-electron chi connectivity index (χ2n) is 6.75. The standard InChI is InChI=1S/C20H20N4O2/c25-17-12-16(20(26)19-18(17)21-8-9-22-19)23-15-6-10-24(11-7-15)13-14-4-2-1-3-5-14/h1-5,8-9,15H,6-7,10-13H2. The van der Waals surface area contributed by atoms with Crippen LogP contribution in [0, 0.1) is 0 Å². The molecule has 26 heavy (non-hydrogen) atoms. The number of carbonyl (C=O) groups excluding carboxylic acids is 2. The van der Waals surface area contributed by atoms with Crippen LogP contribution in [0.5, 0.6) is 0 Å². The number of carbonyl (C=O) groups is 2. The highest BCUT2D eigenvalue weighted by atomic mass is 16.1. The molecule has 0 amide bonds. The Balaban J connectivity index is 1.41. The van der Waals surface area contributed by atoms with Crippen molar-refractivity contribution in [1.82, 2.24) is 14.9 Å². The first kappa shape index (κ1) is 16.7. The molecule has 2 heterocycles. The van der Waals surface area contributed by atoms with E-state index in [1.54, 1.807) is 0 Å². The Morgan fingerprint density at radius 3 is 2.42 bits per heavy atom. The lowest BCUT2D eigenvalue weighted by atomic mass is 9.95. The molecule has 1 aliphatic carbocycles. The van der Waals surface area contributed by atoms with Crippen molar-refractivity contribution in [2.75, 3.05) is 13.1 Å². The highest BCUT2D eigenvalue weighted by Gasteiger charge is 2.32. The van der Waals surface area contributed by atoms with Crippen molar-refractivity contribution < 1.29 is 9.59 Å². The van der Waals surface area contributed by atoms with Gasteiger partial charge in [-0.3, -0.25) is 19.5 Å². The summed E-state index contributed by atoms with van der Waals surface area (Å²) in [5.74, 6) is -0.424. The van der Waals surface area contributed by atoms with Crippen molar-refractivity contribution in [3.8, 4) is 0 Å². The van der Waals surface area contributed by atoms with E-state index in [9.17, 15) is 9.59 Å². The molecule has 132 valence electrons. The maximum Gasteiger partial charge on any atom is 0.227 e. The molecule has 0 atom stereocenters. The van der Waals surface area contributed by atoms with Gasteiger partial charge in [-0.15, -0.1) is 0 Å². The number of aliphatic imine (C=N–C) groups is 1. The number of aromatic nitrogens is 2. The number of fused-ring (bicyclic) bond motifs is 1. The number of likely N-dealkylation sites (tertiary alicyclic amines) is 1. The van der Waals surface area contributed by atoms with E-state index in [0.29, 0.717) is 5.71 Å². The monoisotopic (exact) mass is 348 g/mol. The van der Waals surface area contributed by atoms with Crippen LogP contribution in [0.3, 0.4) is 0 Å². The number of hydrogen-bond acceptors (Lipinski definition) is 6. The predicted octanol–water partition coefficient (Wildman–Crippen LogP) is 2.35. The van der Waals surface area contributed by atoms with Crippen molar-refractivity contribution in [3.63, 3.8) is 0 Å². The Morgan fingerprint density at radius 1 is 1.00 bits per heavy atom. The van der Waals surface area contributed by atoms with Crippen molar-refractivity contribution >= 4 is 17.3 Å². The Morgan fingerprint density at radius 2 is 1.69 bits per heavy atom. The molecule has 0 radical (unpaired) electrons. The quantitative estimate of drug-likeness (QED) is 0.851. The number of hydrogen-bond donors (Lipinski definition) is 0. The Hall–Kier alpha value is -2.73. The maximum absolute atomic E-state index is 12.5. The van der Waals surface area contributed by atoms with Gasteiger partial charge in [0.25, 0.3) is 0 Å². The summed E-state index contributed by atoms with van der Waals surface area (Å²) in [5, 5.41) is 0. The van der Waals surface area contributed by atoms with Crippen LogP contribution >= 0.6 is 0 Å². The van der Waals surface area contributed by atoms with Crippen molar-refractivity contribution in [3.05, 3.63) is 59.7 Å². The summed E-state index contributed by atoms with van der Waals surface area (Å²) in [7, 11) is 0. The van der Waals surface area contributed by atoms with Gasteiger partial charge in [-0.25, -0.2) is 9.97 Å². The van der Waals surface area contributed by atoms with E-state index < -0.39 is 0 Å². The smallest absolute Gasteiger partial charge is 0.227 e. The summed E-state index contributed by atoms with van der Waals surface area (Å²) >= 11 is 0. The molecule has 6 nitrogen and oxygen atoms in total. The summed E-state index contributed by atoms with van der Waals surface area (Å²) in [5.41, 5.74) is 1.96. The lowest BCUT2D eigenvalue weighted by molar-refractivity contribution is 0.0956. The van der Waals surface area contributed by atoms with E-state index in [0.717, 1.165) is 32.5 Å². The molecule has 1 aromatic heterocycles. The van der Waals surface area contributed by atoms with Gasteiger partial charge in [0.2, 0.25) is 5.78 Å². The molecule has 0 saturated carbocycles. The molecule has 1 aliphatic heterocycles. The molecule has 1 aromatic carbocycles. The number of Topliss-reactive ketones (excluding diaryl/α,β-unsaturated/α-hetero) is 2. The third kappa shape index (κ3) is 3.46. The highest BCUT2D eigenvalue weighted by Crippen LogP contribution is 2.20. The first-order valence-corrected chi connectivity index (χ1v) is 8.92. The maximum atomic E-state index is 12.5. The highest BCUT2D eigenvalue weighted by molar-refractivity contribution is 6.52. The van der Waals surface area contributed by atoms with Crippen molar-refractivity contribution in [2.45, 2.75) is 31.8 Å². The molecular formula is C20H20N4O2. The lowest BCUT2D eigenvalue weighted by Gasteiger charge is -2.30. The average molecular weight is 348 g/mol. The van der Waals surface area contributed by atoms with Crippen LogP contribution in [0.25, 0.3) is 0 Å². The van der Waals surface area contributed by atoms with E-state index in [1.807, 2.05) is 6.07 Å². The van der Waals surface area contributed by atoms with Crippen LogP contribution in [-0.2, 0) is 6.54 Å². The molecular weight excluding hydrogens is 328 g/mol. The zero-order chi connectivity index (χ0) is 17.9. The van der Waals surface area contributed by atoms with Crippen LogP contribution in [-0.4, -0.2) is 51.3 Å².